The van der Waals surface area contributed by atoms with Crippen molar-refractivity contribution in [3.05, 3.63) is 59.7 Å². The van der Waals surface area contributed by atoms with Crippen molar-refractivity contribution in [3.63, 3.8) is 0 Å². The van der Waals surface area contributed by atoms with Crippen LogP contribution in [-0.4, -0.2) is 42.3 Å². The minimum absolute atomic E-state index is 0.0156. The molecule has 2 amide bonds. The van der Waals surface area contributed by atoms with E-state index in [9.17, 15) is 14.4 Å². The highest BCUT2D eigenvalue weighted by atomic mass is 16.5. The Morgan fingerprint density at radius 3 is 2.34 bits per heavy atom. The number of ether oxygens (including phenoxy) is 1. The molecule has 35 heavy (non-hydrogen) atoms. The van der Waals surface area contributed by atoms with Gasteiger partial charge in [0.2, 0.25) is 5.91 Å². The summed E-state index contributed by atoms with van der Waals surface area (Å²) in [6.07, 6.45) is 3.79. The molecule has 2 aromatic carbocycles. The third-order valence-corrected chi connectivity index (χ3v) is 7.25. The van der Waals surface area contributed by atoms with Gasteiger partial charge in [0.15, 0.2) is 0 Å². The van der Waals surface area contributed by atoms with Crippen LogP contribution in [0.3, 0.4) is 0 Å². The van der Waals surface area contributed by atoms with Crippen LogP contribution in [0.25, 0.3) is 11.1 Å². The van der Waals surface area contributed by atoms with Crippen LogP contribution >= 0.6 is 0 Å². The number of carboxylic acids is 1. The van der Waals surface area contributed by atoms with Gasteiger partial charge in [0.25, 0.3) is 0 Å². The molecule has 1 fully saturated rings. The van der Waals surface area contributed by atoms with Crippen molar-refractivity contribution in [2.75, 3.05) is 13.2 Å². The molecule has 186 valence electrons. The molecule has 2 aliphatic rings. The third-order valence-electron chi connectivity index (χ3n) is 7.25. The summed E-state index contributed by atoms with van der Waals surface area (Å²) in [5.74, 6) is -1.38. The number of hydrogen-bond donors (Lipinski definition) is 3. The van der Waals surface area contributed by atoms with Gasteiger partial charge in [-0.15, -0.1) is 0 Å². The van der Waals surface area contributed by atoms with Crippen molar-refractivity contribution < 1.29 is 24.2 Å². The summed E-state index contributed by atoms with van der Waals surface area (Å²) in [5.41, 5.74) is 4.73. The molecule has 2 aliphatic carbocycles. The molecule has 1 saturated carbocycles. The van der Waals surface area contributed by atoms with E-state index in [0.717, 1.165) is 19.3 Å². The van der Waals surface area contributed by atoms with E-state index in [0.29, 0.717) is 25.8 Å². The van der Waals surface area contributed by atoms with E-state index < -0.39 is 18.0 Å². The molecule has 0 heterocycles. The van der Waals surface area contributed by atoms with Crippen LogP contribution in [0.4, 0.5) is 4.79 Å². The number of carbonyl (C=O) groups is 3. The number of alkyl carbamates (subject to hydrolysis) is 1. The second-order valence-corrected chi connectivity index (χ2v) is 9.70. The first kappa shape index (κ1) is 24.8. The zero-order valence-electron chi connectivity index (χ0n) is 20.2. The van der Waals surface area contributed by atoms with Crippen molar-refractivity contribution in [1.29, 1.82) is 0 Å². The summed E-state index contributed by atoms with van der Waals surface area (Å²) >= 11 is 0. The molecule has 0 bridgehead atoms. The minimum Gasteiger partial charge on any atom is -0.481 e. The van der Waals surface area contributed by atoms with E-state index in [-0.39, 0.29) is 30.4 Å². The number of carbonyl (C=O) groups excluding carboxylic acids is 2. The van der Waals surface area contributed by atoms with Crippen molar-refractivity contribution in [1.82, 2.24) is 10.6 Å². The largest absolute Gasteiger partial charge is 0.481 e. The van der Waals surface area contributed by atoms with Crippen LogP contribution in [0, 0.1) is 11.8 Å². The Kier molecular flexibility index (Phi) is 8.06. The van der Waals surface area contributed by atoms with Crippen LogP contribution < -0.4 is 10.6 Å². The highest BCUT2D eigenvalue weighted by molar-refractivity contribution is 5.80. The smallest absolute Gasteiger partial charge is 0.407 e. The van der Waals surface area contributed by atoms with Gasteiger partial charge in [-0.25, -0.2) is 4.79 Å². The van der Waals surface area contributed by atoms with Gasteiger partial charge in [-0.05, 0) is 54.4 Å². The number of fused-ring (bicyclic) bond motifs is 3. The molecule has 0 aliphatic heterocycles. The Balaban J connectivity index is 1.24. The van der Waals surface area contributed by atoms with Gasteiger partial charge in [-0.1, -0.05) is 61.9 Å². The molecule has 0 aromatic heterocycles. The van der Waals surface area contributed by atoms with E-state index in [1.54, 1.807) is 6.92 Å². The van der Waals surface area contributed by atoms with Crippen molar-refractivity contribution in [2.24, 2.45) is 11.8 Å². The number of carboxylic acid groups (broad SMARTS) is 1. The van der Waals surface area contributed by atoms with E-state index in [1.807, 2.05) is 24.3 Å². The normalized spacial score (nSPS) is 19.8. The molecule has 7 nitrogen and oxygen atoms in total. The van der Waals surface area contributed by atoms with Gasteiger partial charge in [-0.2, -0.15) is 0 Å². The molecule has 2 aromatic rings. The average Bonchev–Trinajstić information content (AvgIpc) is 3.19. The molecule has 4 rings (SSSR count). The lowest BCUT2D eigenvalue weighted by molar-refractivity contribution is -0.141. The Bertz CT molecular complexity index is 1020. The number of rotatable bonds is 9. The molecule has 0 spiro atoms. The maximum Gasteiger partial charge on any atom is 0.407 e. The van der Waals surface area contributed by atoms with Crippen molar-refractivity contribution in [3.8, 4) is 11.1 Å². The Labute approximate surface area is 206 Å². The summed E-state index contributed by atoms with van der Waals surface area (Å²) in [5, 5.41) is 14.8. The Morgan fingerprint density at radius 2 is 1.69 bits per heavy atom. The standard InChI is InChI=1S/C28H34N2O5/c1-18(27(32)33)8-7-15-29-26(31)19-9-6-10-20(16-19)30-28(34)35-17-25-23-13-4-2-11-21(23)22-12-3-5-14-24(22)25/h2-5,11-14,18-20,25H,6-10,15-17H2,1H3,(H,29,31)(H,30,34)(H,32,33)/t18?,19-,20+/m1/s1. The van der Waals surface area contributed by atoms with Gasteiger partial charge < -0.3 is 20.5 Å². The molecule has 7 heteroatoms. The summed E-state index contributed by atoms with van der Waals surface area (Å²) in [6, 6.07) is 16.4. The highest BCUT2D eigenvalue weighted by Crippen LogP contribution is 2.44. The monoisotopic (exact) mass is 478 g/mol. The van der Waals surface area contributed by atoms with Gasteiger partial charge >= 0.3 is 12.1 Å². The number of aliphatic carboxylic acids is 1. The van der Waals surface area contributed by atoms with Gasteiger partial charge in [0.05, 0.1) is 5.92 Å². The maximum atomic E-state index is 12.6. The van der Waals surface area contributed by atoms with Gasteiger partial charge in [0, 0.05) is 24.4 Å². The molecule has 3 N–H and O–H groups in total. The fourth-order valence-electron chi connectivity index (χ4n) is 5.25. The number of benzene rings is 2. The van der Waals surface area contributed by atoms with Crippen molar-refractivity contribution >= 4 is 18.0 Å². The fourth-order valence-corrected chi connectivity index (χ4v) is 5.25. The SMILES string of the molecule is CC(CCCNC(=O)[C@@H]1CCC[C@H](NC(=O)OCC2c3ccccc3-c3ccccc32)C1)C(=O)O. The van der Waals surface area contributed by atoms with Gasteiger partial charge in [-0.3, -0.25) is 9.59 Å². The summed E-state index contributed by atoms with van der Waals surface area (Å²) < 4.78 is 5.66. The zero-order valence-corrected chi connectivity index (χ0v) is 20.2. The van der Waals surface area contributed by atoms with Crippen LogP contribution in [0.5, 0.6) is 0 Å². The lowest BCUT2D eigenvalue weighted by Gasteiger charge is -2.29. The molecule has 1 unspecified atom stereocenters. The lowest BCUT2D eigenvalue weighted by atomic mass is 9.85. The second kappa shape index (κ2) is 11.4. The molecule has 3 atom stereocenters. The topological polar surface area (TPSA) is 105 Å². The second-order valence-electron chi connectivity index (χ2n) is 9.70. The Morgan fingerprint density at radius 1 is 1.03 bits per heavy atom. The van der Waals surface area contributed by atoms with E-state index >= 15 is 0 Å². The third kappa shape index (κ3) is 6.02. The van der Waals surface area contributed by atoms with Crippen LogP contribution in [0.1, 0.15) is 62.5 Å². The predicted octanol–water partition coefficient (Wildman–Crippen LogP) is 4.70. The zero-order chi connectivity index (χ0) is 24.8. The summed E-state index contributed by atoms with van der Waals surface area (Å²) in [6.45, 7) is 2.41. The first-order valence-electron chi connectivity index (χ1n) is 12.6. The summed E-state index contributed by atoms with van der Waals surface area (Å²) in [7, 11) is 0. The maximum absolute atomic E-state index is 12.6. The van der Waals surface area contributed by atoms with Gasteiger partial charge in [0.1, 0.15) is 6.61 Å². The molecule has 0 saturated heterocycles. The average molecular weight is 479 g/mol. The van der Waals surface area contributed by atoms with E-state index in [1.165, 1.54) is 22.3 Å². The highest BCUT2D eigenvalue weighted by Gasteiger charge is 2.31. The van der Waals surface area contributed by atoms with E-state index in [4.69, 9.17) is 9.84 Å². The van der Waals surface area contributed by atoms with E-state index in [2.05, 4.69) is 34.9 Å². The van der Waals surface area contributed by atoms with Crippen LogP contribution in [0.15, 0.2) is 48.5 Å². The number of amides is 2. The first-order chi connectivity index (χ1) is 16.9. The lowest BCUT2D eigenvalue weighted by Crippen LogP contribution is -2.43. The first-order valence-corrected chi connectivity index (χ1v) is 12.6. The van der Waals surface area contributed by atoms with Crippen LogP contribution in [-0.2, 0) is 14.3 Å². The predicted molar refractivity (Wildman–Crippen MR) is 133 cm³/mol. The molecular formula is C28H34N2O5. The Hall–Kier alpha value is -3.35. The number of nitrogens with one attached hydrogen (secondary N) is 2. The number of hydrogen-bond acceptors (Lipinski definition) is 4. The van der Waals surface area contributed by atoms with Crippen molar-refractivity contribution in [2.45, 2.75) is 57.4 Å². The summed E-state index contributed by atoms with van der Waals surface area (Å²) in [4.78, 5) is 36.1. The minimum atomic E-state index is -0.814. The fraction of sp³-hybridized carbons (Fsp3) is 0.464. The van der Waals surface area contributed by atoms with Crippen LogP contribution in [0.2, 0.25) is 0 Å². The molecule has 0 radical (unpaired) electrons. The quantitative estimate of drug-likeness (QED) is 0.453. The molecular weight excluding hydrogens is 444 g/mol.